The van der Waals surface area contributed by atoms with Gasteiger partial charge in [-0.1, -0.05) is 12.1 Å². The summed E-state index contributed by atoms with van der Waals surface area (Å²) in [6.45, 7) is 1.76. The van der Waals surface area contributed by atoms with Crippen LogP contribution in [-0.2, 0) is 0 Å². The lowest BCUT2D eigenvalue weighted by Gasteiger charge is -2.09. The maximum atomic E-state index is 11.0. The van der Waals surface area contributed by atoms with Crippen molar-refractivity contribution in [2.75, 3.05) is 12.4 Å². The lowest BCUT2D eigenvalue weighted by atomic mass is 10.2. The van der Waals surface area contributed by atoms with Gasteiger partial charge < -0.3 is 10.1 Å². The Bertz CT molecular complexity index is 614. The molecule has 0 spiro atoms. The first-order valence-corrected chi connectivity index (χ1v) is 5.66. The van der Waals surface area contributed by atoms with E-state index in [0.717, 1.165) is 5.69 Å². The number of nitro groups is 1. The summed E-state index contributed by atoms with van der Waals surface area (Å²) in [6, 6.07) is 6.53. The molecule has 0 aliphatic heterocycles. The minimum absolute atomic E-state index is 0.0603. The van der Waals surface area contributed by atoms with Crippen molar-refractivity contribution in [2.24, 2.45) is 0 Å². The quantitative estimate of drug-likeness (QED) is 0.674. The molecule has 0 radical (unpaired) electrons. The summed E-state index contributed by atoms with van der Waals surface area (Å²) in [5, 5.41) is 13.9. The van der Waals surface area contributed by atoms with E-state index in [4.69, 9.17) is 4.74 Å². The first-order chi connectivity index (χ1) is 9.11. The smallest absolute Gasteiger partial charge is 0.311 e. The van der Waals surface area contributed by atoms with Crippen LogP contribution in [0.4, 0.5) is 11.4 Å². The number of pyridine rings is 1. The molecule has 0 aliphatic carbocycles. The summed E-state index contributed by atoms with van der Waals surface area (Å²) in [5.74, 6) is 0.687. The molecule has 0 bridgehead atoms. The van der Waals surface area contributed by atoms with Crippen molar-refractivity contribution in [1.82, 2.24) is 4.98 Å². The largest absolute Gasteiger partial charge is 0.448 e. The van der Waals surface area contributed by atoms with Crippen LogP contribution in [0.25, 0.3) is 0 Å². The molecule has 0 amide bonds. The van der Waals surface area contributed by atoms with Gasteiger partial charge in [-0.05, 0) is 12.5 Å². The Morgan fingerprint density at radius 1 is 1.37 bits per heavy atom. The van der Waals surface area contributed by atoms with Gasteiger partial charge in [-0.25, -0.2) is 0 Å². The predicted molar refractivity (Wildman–Crippen MR) is 71.7 cm³/mol. The van der Waals surface area contributed by atoms with Crippen molar-refractivity contribution < 1.29 is 9.66 Å². The van der Waals surface area contributed by atoms with Crippen LogP contribution < -0.4 is 10.1 Å². The molecule has 6 nitrogen and oxygen atoms in total. The monoisotopic (exact) mass is 259 g/mol. The summed E-state index contributed by atoms with van der Waals surface area (Å²) in [7, 11) is 1.76. The van der Waals surface area contributed by atoms with Gasteiger partial charge in [0.2, 0.25) is 5.75 Å². The Hall–Kier alpha value is -2.63. The number of rotatable bonds is 4. The van der Waals surface area contributed by atoms with Gasteiger partial charge in [-0.3, -0.25) is 15.1 Å². The van der Waals surface area contributed by atoms with Gasteiger partial charge in [0.25, 0.3) is 0 Å². The molecule has 0 fully saturated rings. The van der Waals surface area contributed by atoms with E-state index in [-0.39, 0.29) is 11.4 Å². The van der Waals surface area contributed by atoms with Gasteiger partial charge in [0, 0.05) is 19.2 Å². The second-order valence-electron chi connectivity index (χ2n) is 3.94. The van der Waals surface area contributed by atoms with Crippen molar-refractivity contribution >= 4 is 11.4 Å². The second-order valence-corrected chi connectivity index (χ2v) is 3.94. The van der Waals surface area contributed by atoms with E-state index < -0.39 is 4.92 Å². The van der Waals surface area contributed by atoms with Crippen LogP contribution in [0.3, 0.4) is 0 Å². The zero-order valence-corrected chi connectivity index (χ0v) is 10.6. The number of nitro benzene ring substituents is 1. The molecule has 0 saturated carbocycles. The normalized spacial score (nSPS) is 10.0. The first kappa shape index (κ1) is 12.8. The predicted octanol–water partition coefficient (Wildman–Crippen LogP) is 3.13. The number of nitrogens with zero attached hydrogens (tertiary/aromatic N) is 2. The number of benzene rings is 1. The molecule has 19 heavy (non-hydrogen) atoms. The Morgan fingerprint density at radius 3 is 2.84 bits per heavy atom. The standard InChI is InChI=1S/C13H13N3O3/c1-9-4-3-5-12(16(17)18)13(9)19-11-6-10(14-2)7-15-8-11/h3-8,14H,1-2H3. The number of aromatic nitrogens is 1. The maximum absolute atomic E-state index is 11.0. The van der Waals surface area contributed by atoms with Gasteiger partial charge in [-0.2, -0.15) is 0 Å². The maximum Gasteiger partial charge on any atom is 0.311 e. The minimum Gasteiger partial charge on any atom is -0.448 e. The van der Waals surface area contributed by atoms with Crippen LogP contribution >= 0.6 is 0 Å². The van der Waals surface area contributed by atoms with Crippen LogP contribution in [0.15, 0.2) is 36.7 Å². The number of nitrogens with one attached hydrogen (secondary N) is 1. The molecule has 1 N–H and O–H groups in total. The average Bonchev–Trinajstić information content (AvgIpc) is 2.41. The molecule has 6 heteroatoms. The average molecular weight is 259 g/mol. The molecular weight excluding hydrogens is 246 g/mol. The topological polar surface area (TPSA) is 77.3 Å². The lowest BCUT2D eigenvalue weighted by Crippen LogP contribution is -1.96. The van der Waals surface area contributed by atoms with Crippen LogP contribution in [0.5, 0.6) is 11.5 Å². The molecule has 1 aromatic heterocycles. The van der Waals surface area contributed by atoms with Crippen LogP contribution in [0, 0.1) is 17.0 Å². The lowest BCUT2D eigenvalue weighted by molar-refractivity contribution is -0.385. The van der Waals surface area contributed by atoms with E-state index in [1.165, 1.54) is 12.3 Å². The summed E-state index contributed by atoms with van der Waals surface area (Å²) in [6.07, 6.45) is 3.15. The fourth-order valence-corrected chi connectivity index (χ4v) is 1.64. The van der Waals surface area contributed by atoms with Crippen molar-refractivity contribution in [1.29, 1.82) is 0 Å². The molecule has 1 aromatic carbocycles. The summed E-state index contributed by atoms with van der Waals surface area (Å²) >= 11 is 0. The van der Waals surface area contributed by atoms with Crippen molar-refractivity contribution in [2.45, 2.75) is 6.92 Å². The molecule has 0 unspecified atom stereocenters. The Kier molecular flexibility index (Phi) is 3.61. The molecule has 2 rings (SSSR count). The minimum atomic E-state index is -0.461. The third-order valence-electron chi connectivity index (χ3n) is 2.61. The highest BCUT2D eigenvalue weighted by Gasteiger charge is 2.17. The van der Waals surface area contributed by atoms with E-state index in [0.29, 0.717) is 11.3 Å². The summed E-state index contributed by atoms with van der Waals surface area (Å²) in [4.78, 5) is 14.5. The second kappa shape index (κ2) is 5.34. The summed E-state index contributed by atoms with van der Waals surface area (Å²) in [5.41, 5.74) is 1.41. The van der Waals surface area contributed by atoms with Crippen LogP contribution in [0.2, 0.25) is 0 Å². The highest BCUT2D eigenvalue weighted by molar-refractivity contribution is 5.54. The van der Waals surface area contributed by atoms with E-state index in [1.807, 2.05) is 0 Å². The van der Waals surface area contributed by atoms with Gasteiger partial charge in [-0.15, -0.1) is 0 Å². The number of anilines is 1. The number of hydrogen-bond donors (Lipinski definition) is 1. The Labute approximate surface area is 110 Å². The zero-order valence-electron chi connectivity index (χ0n) is 10.6. The summed E-state index contributed by atoms with van der Waals surface area (Å²) < 4.78 is 5.60. The number of aryl methyl sites for hydroxylation is 1. The molecule has 2 aromatic rings. The number of ether oxygens (including phenoxy) is 1. The van der Waals surface area contributed by atoms with Gasteiger partial charge >= 0.3 is 5.69 Å². The third kappa shape index (κ3) is 2.79. The van der Waals surface area contributed by atoms with Crippen molar-refractivity contribution in [3.05, 3.63) is 52.3 Å². The molecule has 0 aliphatic rings. The van der Waals surface area contributed by atoms with Gasteiger partial charge in [0.1, 0.15) is 5.75 Å². The van der Waals surface area contributed by atoms with Crippen LogP contribution in [0.1, 0.15) is 5.56 Å². The van der Waals surface area contributed by atoms with Gasteiger partial charge in [0.05, 0.1) is 23.0 Å². The fraction of sp³-hybridized carbons (Fsp3) is 0.154. The number of hydrogen-bond acceptors (Lipinski definition) is 5. The third-order valence-corrected chi connectivity index (χ3v) is 2.61. The van der Waals surface area contributed by atoms with Crippen molar-refractivity contribution in [3.63, 3.8) is 0 Å². The van der Waals surface area contributed by atoms with E-state index in [1.54, 1.807) is 38.4 Å². The highest BCUT2D eigenvalue weighted by Crippen LogP contribution is 2.34. The SMILES string of the molecule is CNc1cncc(Oc2c(C)cccc2[N+](=O)[O-])c1. The molecular formula is C13H13N3O3. The van der Waals surface area contributed by atoms with Gasteiger partial charge in [0.15, 0.2) is 0 Å². The highest BCUT2D eigenvalue weighted by atomic mass is 16.6. The fourth-order valence-electron chi connectivity index (χ4n) is 1.64. The van der Waals surface area contributed by atoms with E-state index >= 15 is 0 Å². The Morgan fingerprint density at radius 2 is 2.16 bits per heavy atom. The van der Waals surface area contributed by atoms with E-state index in [2.05, 4.69) is 10.3 Å². The molecule has 0 atom stereocenters. The molecule has 1 heterocycles. The van der Waals surface area contributed by atoms with Crippen LogP contribution in [-0.4, -0.2) is 17.0 Å². The molecule has 98 valence electrons. The van der Waals surface area contributed by atoms with E-state index in [9.17, 15) is 10.1 Å². The Balaban J connectivity index is 2.40. The molecule has 0 saturated heterocycles. The zero-order chi connectivity index (χ0) is 13.8. The van der Waals surface area contributed by atoms with Crippen molar-refractivity contribution in [3.8, 4) is 11.5 Å². The number of para-hydroxylation sites is 1. The first-order valence-electron chi connectivity index (χ1n) is 5.66.